The first-order chi connectivity index (χ1) is 10.2. The van der Waals surface area contributed by atoms with Gasteiger partial charge in [0.05, 0.1) is 0 Å². The second kappa shape index (κ2) is 6.80. The van der Waals surface area contributed by atoms with Crippen LogP contribution in [0.2, 0.25) is 0 Å². The number of nitrogens with one attached hydrogen (secondary N) is 2. The summed E-state index contributed by atoms with van der Waals surface area (Å²) in [5, 5.41) is 6.12. The zero-order valence-electron chi connectivity index (χ0n) is 12.9. The molecule has 2 atom stereocenters. The third-order valence-electron chi connectivity index (χ3n) is 5.20. The number of rotatable bonds is 7. The molecule has 3 fully saturated rings. The maximum atomic E-state index is 12.0. The second-order valence-corrected chi connectivity index (χ2v) is 7.20. The van der Waals surface area contributed by atoms with E-state index in [2.05, 4.69) is 10.6 Å². The molecule has 0 bridgehead atoms. The fourth-order valence-corrected chi connectivity index (χ4v) is 3.60. The van der Waals surface area contributed by atoms with Gasteiger partial charge in [-0.1, -0.05) is 12.8 Å². The van der Waals surface area contributed by atoms with Crippen molar-refractivity contribution in [2.24, 2.45) is 17.8 Å². The Morgan fingerprint density at radius 3 is 2.48 bits per heavy atom. The van der Waals surface area contributed by atoms with Crippen molar-refractivity contribution in [2.75, 3.05) is 6.54 Å². The van der Waals surface area contributed by atoms with E-state index < -0.39 is 0 Å². The predicted molar refractivity (Wildman–Crippen MR) is 81.6 cm³/mol. The fourth-order valence-electron chi connectivity index (χ4n) is 3.60. The zero-order chi connectivity index (χ0) is 14.7. The van der Waals surface area contributed by atoms with Crippen molar-refractivity contribution >= 4 is 11.8 Å². The Bertz CT molecular complexity index is 388. The van der Waals surface area contributed by atoms with E-state index in [0.29, 0.717) is 19.0 Å². The lowest BCUT2D eigenvalue weighted by Crippen LogP contribution is -2.39. The molecule has 0 heterocycles. The molecule has 0 aromatic carbocycles. The van der Waals surface area contributed by atoms with Gasteiger partial charge in [-0.15, -0.1) is 0 Å². The van der Waals surface area contributed by atoms with Gasteiger partial charge in [-0.2, -0.15) is 0 Å². The first-order valence-corrected chi connectivity index (χ1v) is 8.79. The normalized spacial score (nSPS) is 29.0. The highest BCUT2D eigenvalue weighted by atomic mass is 16.2. The Hall–Kier alpha value is -1.06. The summed E-state index contributed by atoms with van der Waals surface area (Å²) in [7, 11) is 0. The van der Waals surface area contributed by atoms with Gasteiger partial charge in [-0.25, -0.2) is 0 Å². The summed E-state index contributed by atoms with van der Waals surface area (Å²) < 4.78 is 0. The second-order valence-electron chi connectivity index (χ2n) is 7.20. The SMILES string of the molecule is O=C(CCCNC(=O)C1CC1)N[C@H]1CCC[C@@H](C2CC2)C1. The van der Waals surface area contributed by atoms with Crippen LogP contribution >= 0.6 is 0 Å². The van der Waals surface area contributed by atoms with E-state index in [1.54, 1.807) is 0 Å². The van der Waals surface area contributed by atoms with Crippen molar-refractivity contribution in [2.45, 2.75) is 70.3 Å². The highest BCUT2D eigenvalue weighted by Gasteiger charge is 2.35. The van der Waals surface area contributed by atoms with Gasteiger partial charge in [0, 0.05) is 24.9 Å². The summed E-state index contributed by atoms with van der Waals surface area (Å²) in [5.41, 5.74) is 0. The minimum Gasteiger partial charge on any atom is -0.356 e. The van der Waals surface area contributed by atoms with Crippen LogP contribution in [0.1, 0.15) is 64.2 Å². The van der Waals surface area contributed by atoms with Crippen LogP contribution in [-0.4, -0.2) is 24.4 Å². The molecule has 2 N–H and O–H groups in total. The van der Waals surface area contributed by atoms with Gasteiger partial charge in [0.1, 0.15) is 0 Å². The van der Waals surface area contributed by atoms with Crippen LogP contribution in [0.3, 0.4) is 0 Å². The lowest BCUT2D eigenvalue weighted by molar-refractivity contribution is -0.124. The van der Waals surface area contributed by atoms with E-state index in [-0.39, 0.29) is 17.7 Å². The molecule has 4 heteroatoms. The van der Waals surface area contributed by atoms with E-state index in [1.807, 2.05) is 0 Å². The molecule has 0 aromatic heterocycles. The van der Waals surface area contributed by atoms with Crippen molar-refractivity contribution in [3.63, 3.8) is 0 Å². The third kappa shape index (κ3) is 4.72. The predicted octanol–water partition coefficient (Wildman–Crippen LogP) is 2.38. The molecule has 21 heavy (non-hydrogen) atoms. The molecule has 3 aliphatic rings. The van der Waals surface area contributed by atoms with Gasteiger partial charge < -0.3 is 10.6 Å². The van der Waals surface area contributed by atoms with E-state index in [9.17, 15) is 9.59 Å². The van der Waals surface area contributed by atoms with Crippen LogP contribution in [0.25, 0.3) is 0 Å². The number of hydrogen-bond acceptors (Lipinski definition) is 2. The summed E-state index contributed by atoms with van der Waals surface area (Å²) in [6.07, 6.45) is 11.2. The molecule has 0 saturated heterocycles. The average Bonchev–Trinajstić information content (AvgIpc) is 3.36. The molecule has 118 valence electrons. The standard InChI is InChI=1S/C17H28N2O2/c20-16(5-2-10-18-17(21)13-8-9-13)19-15-4-1-3-14(11-15)12-6-7-12/h12-15H,1-11H2,(H,18,21)(H,19,20)/t14-,15+/m1/s1. The molecule has 2 amide bonds. The van der Waals surface area contributed by atoms with Crippen LogP contribution in [-0.2, 0) is 9.59 Å². The van der Waals surface area contributed by atoms with Crippen molar-refractivity contribution in [1.82, 2.24) is 10.6 Å². The van der Waals surface area contributed by atoms with Crippen LogP contribution in [0.15, 0.2) is 0 Å². The number of amides is 2. The number of carbonyl (C=O) groups is 2. The average molecular weight is 292 g/mol. The molecule has 0 aromatic rings. The van der Waals surface area contributed by atoms with E-state index >= 15 is 0 Å². The van der Waals surface area contributed by atoms with Gasteiger partial charge >= 0.3 is 0 Å². The number of hydrogen-bond donors (Lipinski definition) is 2. The maximum Gasteiger partial charge on any atom is 0.223 e. The molecule has 4 nitrogen and oxygen atoms in total. The van der Waals surface area contributed by atoms with Gasteiger partial charge in [0.25, 0.3) is 0 Å². The van der Waals surface area contributed by atoms with Crippen molar-refractivity contribution < 1.29 is 9.59 Å². The Morgan fingerprint density at radius 1 is 0.952 bits per heavy atom. The molecule has 3 saturated carbocycles. The topological polar surface area (TPSA) is 58.2 Å². The lowest BCUT2D eigenvalue weighted by atomic mass is 9.82. The summed E-state index contributed by atoms with van der Waals surface area (Å²) in [5.74, 6) is 2.43. The summed E-state index contributed by atoms with van der Waals surface area (Å²) in [6, 6.07) is 0.401. The Balaban J connectivity index is 1.27. The Kier molecular flexibility index (Phi) is 4.81. The Morgan fingerprint density at radius 2 is 1.76 bits per heavy atom. The lowest BCUT2D eigenvalue weighted by Gasteiger charge is -2.29. The third-order valence-corrected chi connectivity index (χ3v) is 5.20. The van der Waals surface area contributed by atoms with Gasteiger partial charge in [0.15, 0.2) is 0 Å². The smallest absolute Gasteiger partial charge is 0.223 e. The van der Waals surface area contributed by atoms with Crippen LogP contribution < -0.4 is 10.6 Å². The van der Waals surface area contributed by atoms with Gasteiger partial charge in [0.2, 0.25) is 11.8 Å². The zero-order valence-corrected chi connectivity index (χ0v) is 12.9. The first kappa shape index (κ1) is 14.9. The highest BCUT2D eigenvalue weighted by Crippen LogP contribution is 2.43. The van der Waals surface area contributed by atoms with E-state index in [0.717, 1.165) is 37.5 Å². The fraction of sp³-hybridized carbons (Fsp3) is 0.882. The minimum atomic E-state index is 0.164. The van der Waals surface area contributed by atoms with Gasteiger partial charge in [-0.3, -0.25) is 9.59 Å². The first-order valence-electron chi connectivity index (χ1n) is 8.79. The van der Waals surface area contributed by atoms with Crippen molar-refractivity contribution in [3.8, 4) is 0 Å². The molecular formula is C17H28N2O2. The minimum absolute atomic E-state index is 0.164. The number of carbonyl (C=O) groups excluding carboxylic acids is 2. The molecule has 0 unspecified atom stereocenters. The summed E-state index contributed by atoms with van der Waals surface area (Å²) in [4.78, 5) is 23.4. The van der Waals surface area contributed by atoms with E-state index in [4.69, 9.17) is 0 Å². The monoisotopic (exact) mass is 292 g/mol. The van der Waals surface area contributed by atoms with E-state index in [1.165, 1.54) is 32.1 Å². The summed E-state index contributed by atoms with van der Waals surface area (Å²) in [6.45, 7) is 0.637. The molecular weight excluding hydrogens is 264 g/mol. The molecule has 3 rings (SSSR count). The molecule has 0 radical (unpaired) electrons. The molecule has 3 aliphatic carbocycles. The maximum absolute atomic E-state index is 12.0. The Labute approximate surface area is 127 Å². The van der Waals surface area contributed by atoms with Crippen LogP contribution in [0.5, 0.6) is 0 Å². The van der Waals surface area contributed by atoms with Crippen LogP contribution in [0.4, 0.5) is 0 Å². The highest BCUT2D eigenvalue weighted by molar-refractivity contribution is 5.81. The largest absolute Gasteiger partial charge is 0.356 e. The quantitative estimate of drug-likeness (QED) is 0.708. The van der Waals surface area contributed by atoms with Crippen molar-refractivity contribution in [3.05, 3.63) is 0 Å². The summed E-state index contributed by atoms with van der Waals surface area (Å²) >= 11 is 0. The van der Waals surface area contributed by atoms with Crippen molar-refractivity contribution in [1.29, 1.82) is 0 Å². The molecule has 0 spiro atoms. The molecule has 0 aliphatic heterocycles. The van der Waals surface area contributed by atoms with Gasteiger partial charge in [-0.05, 0) is 56.8 Å². The van der Waals surface area contributed by atoms with Crippen LogP contribution in [0, 0.1) is 17.8 Å².